The molecule has 2 nitrogen and oxygen atoms in total. The van der Waals surface area contributed by atoms with E-state index in [1.54, 1.807) is 0 Å². The second-order valence-electron chi connectivity index (χ2n) is 4.75. The van der Waals surface area contributed by atoms with Crippen molar-refractivity contribution in [3.8, 4) is 0 Å². The Morgan fingerprint density at radius 1 is 1.39 bits per heavy atom. The number of hydrogen-bond donors (Lipinski definition) is 1. The minimum absolute atomic E-state index is 0.330. The zero-order valence-corrected chi connectivity index (χ0v) is 12.1. The molecule has 1 aromatic rings. The SMILES string of the molecule is CCNC(CC1CCOC1)c1ccc(Cl)c(Cl)c1. The summed E-state index contributed by atoms with van der Waals surface area (Å²) < 4.78 is 5.44. The van der Waals surface area contributed by atoms with E-state index in [-0.39, 0.29) is 0 Å². The van der Waals surface area contributed by atoms with Crippen LogP contribution < -0.4 is 5.32 Å². The molecule has 1 heterocycles. The first-order valence-electron chi connectivity index (χ1n) is 6.46. The van der Waals surface area contributed by atoms with Crippen molar-refractivity contribution in [2.45, 2.75) is 25.8 Å². The van der Waals surface area contributed by atoms with Crippen LogP contribution in [0.25, 0.3) is 0 Å². The van der Waals surface area contributed by atoms with Crippen molar-refractivity contribution in [3.05, 3.63) is 33.8 Å². The Hall–Kier alpha value is -0.280. The van der Waals surface area contributed by atoms with E-state index in [2.05, 4.69) is 18.3 Å². The Morgan fingerprint density at radius 2 is 2.22 bits per heavy atom. The van der Waals surface area contributed by atoms with E-state index in [4.69, 9.17) is 27.9 Å². The molecule has 1 aliphatic rings. The highest BCUT2D eigenvalue weighted by Gasteiger charge is 2.21. The van der Waals surface area contributed by atoms with E-state index in [0.717, 1.165) is 32.6 Å². The van der Waals surface area contributed by atoms with Crippen molar-refractivity contribution in [1.29, 1.82) is 0 Å². The van der Waals surface area contributed by atoms with Crippen LogP contribution >= 0.6 is 23.2 Å². The number of hydrogen-bond acceptors (Lipinski definition) is 2. The zero-order valence-electron chi connectivity index (χ0n) is 10.6. The van der Waals surface area contributed by atoms with Crippen LogP contribution in [0, 0.1) is 5.92 Å². The maximum absolute atomic E-state index is 6.09. The Bertz CT molecular complexity index is 391. The molecule has 2 rings (SSSR count). The second kappa shape index (κ2) is 6.76. The lowest BCUT2D eigenvalue weighted by Crippen LogP contribution is -2.23. The molecule has 0 saturated carbocycles. The van der Waals surface area contributed by atoms with Gasteiger partial charge in [0.25, 0.3) is 0 Å². The van der Waals surface area contributed by atoms with Gasteiger partial charge in [0.1, 0.15) is 0 Å². The lowest BCUT2D eigenvalue weighted by molar-refractivity contribution is 0.181. The maximum atomic E-state index is 6.09. The van der Waals surface area contributed by atoms with E-state index < -0.39 is 0 Å². The van der Waals surface area contributed by atoms with Crippen molar-refractivity contribution in [1.82, 2.24) is 5.32 Å². The van der Waals surface area contributed by atoms with Crippen LogP contribution in [-0.2, 0) is 4.74 Å². The van der Waals surface area contributed by atoms with Gasteiger partial charge >= 0.3 is 0 Å². The standard InChI is InChI=1S/C14H19Cl2NO/c1-2-17-14(7-10-5-6-18-9-10)11-3-4-12(15)13(16)8-11/h3-4,8,10,14,17H,2,5-7,9H2,1H3. The van der Waals surface area contributed by atoms with Gasteiger partial charge in [0.05, 0.1) is 10.0 Å². The lowest BCUT2D eigenvalue weighted by atomic mass is 9.94. The smallest absolute Gasteiger partial charge is 0.0595 e. The molecule has 2 atom stereocenters. The highest BCUT2D eigenvalue weighted by Crippen LogP contribution is 2.30. The quantitative estimate of drug-likeness (QED) is 0.881. The summed E-state index contributed by atoms with van der Waals surface area (Å²) >= 11 is 12.1. The third-order valence-corrected chi connectivity index (χ3v) is 4.13. The van der Waals surface area contributed by atoms with Crippen LogP contribution in [0.1, 0.15) is 31.4 Å². The normalized spacial score (nSPS) is 21.2. The average molecular weight is 288 g/mol. The minimum Gasteiger partial charge on any atom is -0.381 e. The molecule has 0 aromatic heterocycles. The lowest BCUT2D eigenvalue weighted by Gasteiger charge is -2.21. The second-order valence-corrected chi connectivity index (χ2v) is 5.56. The molecule has 4 heteroatoms. The first-order valence-corrected chi connectivity index (χ1v) is 7.22. The molecule has 1 aromatic carbocycles. The summed E-state index contributed by atoms with van der Waals surface area (Å²) in [5.74, 6) is 0.642. The fraction of sp³-hybridized carbons (Fsp3) is 0.571. The summed E-state index contributed by atoms with van der Waals surface area (Å²) in [7, 11) is 0. The molecule has 0 spiro atoms. The number of rotatable bonds is 5. The molecular weight excluding hydrogens is 269 g/mol. The first-order chi connectivity index (χ1) is 8.70. The average Bonchev–Trinajstić information content (AvgIpc) is 2.85. The predicted molar refractivity (Wildman–Crippen MR) is 76.4 cm³/mol. The van der Waals surface area contributed by atoms with Crippen LogP contribution in [-0.4, -0.2) is 19.8 Å². The molecule has 18 heavy (non-hydrogen) atoms. The summed E-state index contributed by atoms with van der Waals surface area (Å²) in [5.41, 5.74) is 1.21. The van der Waals surface area contributed by atoms with E-state index in [1.165, 1.54) is 5.56 Å². The third kappa shape index (κ3) is 3.61. The van der Waals surface area contributed by atoms with Crippen molar-refractivity contribution in [3.63, 3.8) is 0 Å². The number of halogens is 2. The van der Waals surface area contributed by atoms with Crippen LogP contribution in [0.4, 0.5) is 0 Å². The molecule has 0 amide bonds. The molecule has 1 fully saturated rings. The van der Waals surface area contributed by atoms with Gasteiger partial charge in [0, 0.05) is 19.3 Å². The Labute approximate surface area is 119 Å². The largest absolute Gasteiger partial charge is 0.381 e. The van der Waals surface area contributed by atoms with Crippen LogP contribution in [0.2, 0.25) is 10.0 Å². The predicted octanol–water partition coefficient (Wildman–Crippen LogP) is 4.07. The Kier molecular flexibility index (Phi) is 5.31. The van der Waals surface area contributed by atoms with Crippen LogP contribution in [0.5, 0.6) is 0 Å². The van der Waals surface area contributed by atoms with Gasteiger partial charge in [0.2, 0.25) is 0 Å². The maximum Gasteiger partial charge on any atom is 0.0595 e. The topological polar surface area (TPSA) is 21.3 Å². The summed E-state index contributed by atoms with van der Waals surface area (Å²) in [6, 6.07) is 6.22. The van der Waals surface area contributed by atoms with Crippen molar-refractivity contribution in [2.75, 3.05) is 19.8 Å². The summed E-state index contributed by atoms with van der Waals surface area (Å²) in [5, 5.41) is 4.75. The van der Waals surface area contributed by atoms with Crippen LogP contribution in [0.3, 0.4) is 0 Å². The highest BCUT2D eigenvalue weighted by atomic mass is 35.5. The highest BCUT2D eigenvalue weighted by molar-refractivity contribution is 6.42. The first kappa shape index (κ1) is 14.1. The summed E-state index contributed by atoms with van der Waals surface area (Å²) in [6.45, 7) is 4.84. The van der Waals surface area contributed by atoms with Gasteiger partial charge in [-0.3, -0.25) is 0 Å². The molecule has 100 valence electrons. The minimum atomic E-state index is 0.330. The zero-order chi connectivity index (χ0) is 13.0. The van der Waals surface area contributed by atoms with Gasteiger partial charge in [-0.15, -0.1) is 0 Å². The van der Waals surface area contributed by atoms with Gasteiger partial charge < -0.3 is 10.1 Å². The number of ether oxygens (including phenoxy) is 1. The van der Waals surface area contributed by atoms with E-state index in [9.17, 15) is 0 Å². The molecular formula is C14H19Cl2NO. The monoisotopic (exact) mass is 287 g/mol. The fourth-order valence-electron chi connectivity index (χ4n) is 2.42. The van der Waals surface area contributed by atoms with Gasteiger partial charge in [-0.1, -0.05) is 36.2 Å². The molecule has 0 bridgehead atoms. The Morgan fingerprint density at radius 3 is 2.83 bits per heavy atom. The molecule has 1 saturated heterocycles. The van der Waals surface area contributed by atoms with Crippen molar-refractivity contribution < 1.29 is 4.74 Å². The summed E-state index contributed by atoms with van der Waals surface area (Å²) in [6.07, 6.45) is 2.25. The van der Waals surface area contributed by atoms with Gasteiger partial charge in [0.15, 0.2) is 0 Å². The Balaban J connectivity index is 2.09. The van der Waals surface area contributed by atoms with E-state index in [0.29, 0.717) is 22.0 Å². The van der Waals surface area contributed by atoms with Gasteiger partial charge in [-0.2, -0.15) is 0 Å². The summed E-state index contributed by atoms with van der Waals surface area (Å²) in [4.78, 5) is 0. The van der Waals surface area contributed by atoms with Crippen molar-refractivity contribution in [2.24, 2.45) is 5.92 Å². The molecule has 2 unspecified atom stereocenters. The van der Waals surface area contributed by atoms with E-state index >= 15 is 0 Å². The number of benzene rings is 1. The molecule has 1 N–H and O–H groups in total. The molecule has 1 aliphatic heterocycles. The fourth-order valence-corrected chi connectivity index (χ4v) is 2.72. The van der Waals surface area contributed by atoms with Gasteiger partial charge in [-0.05, 0) is 43.0 Å². The van der Waals surface area contributed by atoms with Crippen LogP contribution in [0.15, 0.2) is 18.2 Å². The van der Waals surface area contributed by atoms with Crippen molar-refractivity contribution >= 4 is 23.2 Å². The number of nitrogens with one attached hydrogen (secondary N) is 1. The molecule has 0 radical (unpaired) electrons. The van der Waals surface area contributed by atoms with Gasteiger partial charge in [-0.25, -0.2) is 0 Å². The molecule has 0 aliphatic carbocycles. The third-order valence-electron chi connectivity index (χ3n) is 3.39. The van der Waals surface area contributed by atoms with E-state index in [1.807, 2.05) is 12.1 Å².